The Kier molecular flexibility index (Phi) is 1.75. The molecule has 0 saturated carbocycles. The molecule has 0 aliphatic rings. The first-order valence-electron chi connectivity index (χ1n) is 5.37. The number of aryl methyl sites for hydroxylation is 2. The fourth-order valence-electron chi connectivity index (χ4n) is 2.22. The molecule has 2 heteroatoms. The second kappa shape index (κ2) is 3.01. The Balaban J connectivity index is 2.59. The number of aromatic nitrogens is 1. The van der Waals surface area contributed by atoms with Crippen LogP contribution in [0.3, 0.4) is 0 Å². The molecule has 0 aliphatic heterocycles. The Bertz CT molecular complexity index is 635. The first kappa shape index (κ1) is 9.28. The molecule has 0 atom stereocenters. The Morgan fingerprint density at radius 2 is 1.25 bits per heavy atom. The molecule has 0 amide bonds. The molecule has 1 N–H and O–H groups in total. The Morgan fingerprint density at radius 3 is 1.69 bits per heavy atom. The summed E-state index contributed by atoms with van der Waals surface area (Å²) in [6.07, 6.45) is 0. The average molecular weight is 211 g/mol. The summed E-state index contributed by atoms with van der Waals surface area (Å²) in [5, 5.41) is 12.3. The van der Waals surface area contributed by atoms with E-state index in [1.807, 2.05) is 26.0 Å². The van der Waals surface area contributed by atoms with Gasteiger partial charge in [0, 0.05) is 10.8 Å². The van der Waals surface area contributed by atoms with Gasteiger partial charge in [-0.2, -0.15) is 4.73 Å². The van der Waals surface area contributed by atoms with Gasteiger partial charge < -0.3 is 5.21 Å². The van der Waals surface area contributed by atoms with Crippen LogP contribution >= 0.6 is 0 Å². The third-order valence-electron chi connectivity index (χ3n) is 3.05. The summed E-state index contributed by atoms with van der Waals surface area (Å²) in [4.78, 5) is 0. The number of fused-ring (bicyclic) bond motifs is 3. The van der Waals surface area contributed by atoms with Crippen LogP contribution in [-0.2, 0) is 0 Å². The first-order chi connectivity index (χ1) is 7.66. The molecular formula is C14H13NO. The molecule has 0 radical (unpaired) electrons. The summed E-state index contributed by atoms with van der Waals surface area (Å²) in [6, 6.07) is 12.3. The van der Waals surface area contributed by atoms with Gasteiger partial charge in [0.2, 0.25) is 0 Å². The number of nitrogens with zero attached hydrogens (tertiary/aromatic N) is 1. The lowest BCUT2D eigenvalue weighted by atomic mass is 10.1. The predicted molar refractivity (Wildman–Crippen MR) is 66.1 cm³/mol. The largest absolute Gasteiger partial charge is 0.428 e. The molecule has 0 unspecified atom stereocenters. The molecule has 0 saturated heterocycles. The van der Waals surface area contributed by atoms with Gasteiger partial charge in [-0.3, -0.25) is 0 Å². The van der Waals surface area contributed by atoms with Crippen molar-refractivity contribution in [1.29, 1.82) is 0 Å². The summed E-state index contributed by atoms with van der Waals surface area (Å²) in [6.45, 7) is 4.06. The van der Waals surface area contributed by atoms with E-state index in [2.05, 4.69) is 24.3 Å². The monoisotopic (exact) mass is 211 g/mol. The number of rotatable bonds is 0. The van der Waals surface area contributed by atoms with E-state index in [-0.39, 0.29) is 0 Å². The quantitative estimate of drug-likeness (QED) is 0.564. The summed E-state index contributed by atoms with van der Waals surface area (Å²) in [5.74, 6) is 0. The molecular weight excluding hydrogens is 198 g/mol. The van der Waals surface area contributed by atoms with E-state index >= 15 is 0 Å². The van der Waals surface area contributed by atoms with Gasteiger partial charge in [-0.1, -0.05) is 24.3 Å². The van der Waals surface area contributed by atoms with Crippen LogP contribution in [0, 0.1) is 13.8 Å². The van der Waals surface area contributed by atoms with Crippen molar-refractivity contribution in [3.63, 3.8) is 0 Å². The standard InChI is InChI=1S/C14H13NO/c1-9-3-5-11-12-6-4-10(2)8-14(12)15(16)13(11)7-9/h3-8,16H,1-2H3. The maximum absolute atomic E-state index is 10.1. The van der Waals surface area contributed by atoms with Crippen molar-refractivity contribution in [2.45, 2.75) is 13.8 Å². The van der Waals surface area contributed by atoms with E-state index in [1.165, 1.54) is 4.73 Å². The van der Waals surface area contributed by atoms with Gasteiger partial charge in [0.25, 0.3) is 0 Å². The molecule has 2 aromatic carbocycles. The van der Waals surface area contributed by atoms with E-state index < -0.39 is 0 Å². The van der Waals surface area contributed by atoms with Crippen LogP contribution < -0.4 is 0 Å². The van der Waals surface area contributed by atoms with Crippen molar-refractivity contribution in [2.24, 2.45) is 0 Å². The Morgan fingerprint density at radius 1 is 0.812 bits per heavy atom. The van der Waals surface area contributed by atoms with Crippen LogP contribution in [0.25, 0.3) is 21.8 Å². The lowest BCUT2D eigenvalue weighted by Gasteiger charge is -1.97. The fraction of sp³-hybridized carbons (Fsp3) is 0.143. The van der Waals surface area contributed by atoms with Crippen molar-refractivity contribution >= 4 is 21.8 Å². The first-order valence-corrected chi connectivity index (χ1v) is 5.37. The van der Waals surface area contributed by atoms with E-state index in [0.717, 1.165) is 32.9 Å². The minimum absolute atomic E-state index is 0.876. The van der Waals surface area contributed by atoms with Gasteiger partial charge in [0.1, 0.15) is 0 Å². The summed E-state index contributed by atoms with van der Waals surface area (Å²) >= 11 is 0. The van der Waals surface area contributed by atoms with Gasteiger partial charge in [-0.25, -0.2) is 0 Å². The highest BCUT2D eigenvalue weighted by atomic mass is 16.5. The van der Waals surface area contributed by atoms with Gasteiger partial charge in [-0.05, 0) is 37.1 Å². The topological polar surface area (TPSA) is 25.2 Å². The second-order valence-corrected chi connectivity index (χ2v) is 4.35. The molecule has 0 spiro atoms. The molecule has 0 bridgehead atoms. The summed E-state index contributed by atoms with van der Waals surface area (Å²) < 4.78 is 1.28. The lowest BCUT2D eigenvalue weighted by Crippen LogP contribution is -1.89. The summed E-state index contributed by atoms with van der Waals surface area (Å²) in [5.41, 5.74) is 4.06. The number of hydrogen-bond acceptors (Lipinski definition) is 1. The maximum atomic E-state index is 10.1. The van der Waals surface area contributed by atoms with Crippen molar-refractivity contribution in [1.82, 2.24) is 4.73 Å². The smallest absolute Gasteiger partial charge is 0.0881 e. The Hall–Kier alpha value is -1.96. The van der Waals surface area contributed by atoms with Crippen molar-refractivity contribution in [3.8, 4) is 0 Å². The van der Waals surface area contributed by atoms with Crippen LogP contribution in [0.1, 0.15) is 11.1 Å². The average Bonchev–Trinajstić information content (AvgIpc) is 2.53. The molecule has 0 fully saturated rings. The SMILES string of the molecule is Cc1ccc2c3ccc(C)cc3n(O)c2c1. The van der Waals surface area contributed by atoms with Crippen molar-refractivity contribution in [3.05, 3.63) is 47.5 Å². The Labute approximate surface area is 93.7 Å². The highest BCUT2D eigenvalue weighted by molar-refractivity contribution is 6.08. The van der Waals surface area contributed by atoms with Gasteiger partial charge in [-0.15, -0.1) is 0 Å². The molecule has 1 heterocycles. The van der Waals surface area contributed by atoms with Crippen LogP contribution in [0.15, 0.2) is 36.4 Å². The molecule has 2 nitrogen and oxygen atoms in total. The minimum atomic E-state index is 0.876. The van der Waals surface area contributed by atoms with Gasteiger partial charge >= 0.3 is 0 Å². The van der Waals surface area contributed by atoms with Crippen LogP contribution in [0.4, 0.5) is 0 Å². The normalized spacial score (nSPS) is 11.4. The fourth-order valence-corrected chi connectivity index (χ4v) is 2.22. The maximum Gasteiger partial charge on any atom is 0.0881 e. The third-order valence-corrected chi connectivity index (χ3v) is 3.05. The molecule has 1 aromatic heterocycles. The van der Waals surface area contributed by atoms with Crippen LogP contribution in [0.2, 0.25) is 0 Å². The van der Waals surface area contributed by atoms with E-state index in [1.54, 1.807) is 0 Å². The summed E-state index contributed by atoms with van der Waals surface area (Å²) in [7, 11) is 0. The zero-order chi connectivity index (χ0) is 11.3. The number of hydrogen-bond donors (Lipinski definition) is 1. The molecule has 16 heavy (non-hydrogen) atoms. The predicted octanol–water partition coefficient (Wildman–Crippen LogP) is 3.65. The van der Waals surface area contributed by atoms with Gasteiger partial charge in [0.05, 0.1) is 11.0 Å². The zero-order valence-electron chi connectivity index (χ0n) is 9.36. The number of benzene rings is 2. The van der Waals surface area contributed by atoms with Crippen LogP contribution in [-0.4, -0.2) is 9.94 Å². The zero-order valence-corrected chi connectivity index (χ0v) is 9.36. The third kappa shape index (κ3) is 1.13. The lowest BCUT2D eigenvalue weighted by molar-refractivity contribution is 0.213. The van der Waals surface area contributed by atoms with E-state index in [0.29, 0.717) is 0 Å². The molecule has 3 rings (SSSR count). The van der Waals surface area contributed by atoms with Gasteiger partial charge in [0.15, 0.2) is 0 Å². The second-order valence-electron chi connectivity index (χ2n) is 4.35. The van der Waals surface area contributed by atoms with E-state index in [4.69, 9.17) is 0 Å². The molecule has 80 valence electrons. The van der Waals surface area contributed by atoms with E-state index in [9.17, 15) is 5.21 Å². The molecule has 3 aromatic rings. The van der Waals surface area contributed by atoms with Crippen molar-refractivity contribution in [2.75, 3.05) is 0 Å². The highest BCUT2D eigenvalue weighted by Gasteiger charge is 2.09. The highest BCUT2D eigenvalue weighted by Crippen LogP contribution is 2.28. The molecule has 0 aliphatic carbocycles. The van der Waals surface area contributed by atoms with Crippen LogP contribution in [0.5, 0.6) is 0 Å². The van der Waals surface area contributed by atoms with Crippen molar-refractivity contribution < 1.29 is 5.21 Å². The minimum Gasteiger partial charge on any atom is -0.428 e.